The van der Waals surface area contributed by atoms with Gasteiger partial charge in [0.2, 0.25) is 5.91 Å². The molecule has 0 aliphatic heterocycles. The van der Waals surface area contributed by atoms with Gasteiger partial charge in [-0.3, -0.25) is 4.79 Å². The van der Waals surface area contributed by atoms with Crippen LogP contribution < -0.4 is 5.32 Å². The molecule has 1 atom stereocenters. The molecule has 0 aromatic heterocycles. The Morgan fingerprint density at radius 1 is 0.821 bits per heavy atom. The Bertz CT molecular complexity index is 1000. The van der Waals surface area contributed by atoms with Crippen molar-refractivity contribution in [1.82, 2.24) is 0 Å². The highest BCUT2D eigenvalue weighted by atomic mass is 16.2. The van der Waals surface area contributed by atoms with Crippen LogP contribution in [0, 0.1) is 33.6 Å². The van der Waals surface area contributed by atoms with Crippen molar-refractivity contribution in [1.29, 1.82) is 0 Å². The molecule has 0 saturated heterocycles. The van der Waals surface area contributed by atoms with E-state index in [-0.39, 0.29) is 17.2 Å². The molecule has 3 aromatic rings. The van der Waals surface area contributed by atoms with Crippen LogP contribution in [0.25, 0.3) is 0 Å². The van der Waals surface area contributed by atoms with Gasteiger partial charge in [-0.15, -0.1) is 0 Å². The molecule has 1 aliphatic carbocycles. The second-order valence-corrected chi connectivity index (χ2v) is 8.27. The zero-order valence-corrected chi connectivity index (χ0v) is 17.0. The number of rotatable bonds is 4. The third-order valence-electron chi connectivity index (χ3n) is 5.98. The Kier molecular flexibility index (Phi) is 4.58. The topological polar surface area (TPSA) is 29.1 Å². The molecule has 1 aliphatic rings. The molecule has 0 spiro atoms. The number of benzene rings is 3. The van der Waals surface area contributed by atoms with E-state index in [0.29, 0.717) is 0 Å². The van der Waals surface area contributed by atoms with Crippen molar-refractivity contribution in [2.24, 2.45) is 5.92 Å². The highest BCUT2D eigenvalue weighted by molar-refractivity contribution is 5.97. The van der Waals surface area contributed by atoms with Crippen LogP contribution in [0.15, 0.2) is 66.7 Å². The van der Waals surface area contributed by atoms with Crippen molar-refractivity contribution in [3.63, 3.8) is 0 Å². The van der Waals surface area contributed by atoms with Gasteiger partial charge < -0.3 is 5.32 Å². The van der Waals surface area contributed by atoms with Gasteiger partial charge in [0.15, 0.2) is 0 Å². The second-order valence-electron chi connectivity index (χ2n) is 8.27. The van der Waals surface area contributed by atoms with Crippen LogP contribution in [0.3, 0.4) is 0 Å². The van der Waals surface area contributed by atoms with E-state index in [1.807, 2.05) is 19.1 Å². The molecule has 4 rings (SSSR count). The van der Waals surface area contributed by atoms with E-state index in [1.165, 1.54) is 27.8 Å². The number of aryl methyl sites for hydroxylation is 4. The van der Waals surface area contributed by atoms with Crippen LogP contribution in [0.1, 0.15) is 39.8 Å². The Hall–Kier alpha value is -2.87. The van der Waals surface area contributed by atoms with Gasteiger partial charge in [0.05, 0.1) is 5.92 Å². The van der Waals surface area contributed by atoms with Gasteiger partial charge in [0.25, 0.3) is 0 Å². The number of hydrogen-bond acceptors (Lipinski definition) is 1. The van der Waals surface area contributed by atoms with Crippen LogP contribution in [0.2, 0.25) is 0 Å². The summed E-state index contributed by atoms with van der Waals surface area (Å²) in [6.45, 7) is 8.34. The lowest BCUT2D eigenvalue weighted by atomic mass is 9.84. The molecule has 1 N–H and O–H groups in total. The first-order valence-electron chi connectivity index (χ1n) is 9.92. The first-order chi connectivity index (χ1) is 13.4. The van der Waals surface area contributed by atoms with Crippen LogP contribution in [0.5, 0.6) is 0 Å². The summed E-state index contributed by atoms with van der Waals surface area (Å²) in [6.07, 6.45) is 0.844. The van der Waals surface area contributed by atoms with Gasteiger partial charge in [-0.2, -0.15) is 0 Å². The maximum Gasteiger partial charge on any atom is 0.228 e. The number of carbonyl (C=O) groups is 1. The van der Waals surface area contributed by atoms with Gasteiger partial charge in [-0.1, -0.05) is 77.4 Å². The van der Waals surface area contributed by atoms with E-state index in [4.69, 9.17) is 0 Å². The predicted molar refractivity (Wildman–Crippen MR) is 116 cm³/mol. The molecular formula is C26H27NO. The molecule has 0 unspecified atom stereocenters. The second kappa shape index (κ2) is 6.94. The average Bonchev–Trinajstić information content (AvgIpc) is 3.41. The molecule has 0 bridgehead atoms. The summed E-state index contributed by atoms with van der Waals surface area (Å²) in [7, 11) is 0. The largest absolute Gasteiger partial charge is 0.326 e. The lowest BCUT2D eigenvalue weighted by molar-refractivity contribution is -0.117. The van der Waals surface area contributed by atoms with Crippen molar-refractivity contribution in [2.75, 3.05) is 5.32 Å². The van der Waals surface area contributed by atoms with E-state index in [1.54, 1.807) is 0 Å². The molecule has 0 radical (unpaired) electrons. The Morgan fingerprint density at radius 2 is 1.39 bits per heavy atom. The monoisotopic (exact) mass is 369 g/mol. The van der Waals surface area contributed by atoms with Crippen molar-refractivity contribution in [3.05, 3.63) is 100 Å². The van der Waals surface area contributed by atoms with Gasteiger partial charge in [0.1, 0.15) is 0 Å². The highest BCUT2D eigenvalue weighted by Gasteiger charge is 2.60. The summed E-state index contributed by atoms with van der Waals surface area (Å²) in [5.41, 5.74) is 7.90. The normalized spacial score (nSPS) is 17.2. The van der Waals surface area contributed by atoms with Crippen LogP contribution in [0.4, 0.5) is 5.69 Å². The number of amides is 1. The molecule has 28 heavy (non-hydrogen) atoms. The molecule has 3 aromatic carbocycles. The molecule has 1 saturated carbocycles. The van der Waals surface area contributed by atoms with E-state index in [2.05, 4.69) is 80.7 Å². The van der Waals surface area contributed by atoms with Crippen LogP contribution in [-0.2, 0) is 10.2 Å². The third-order valence-corrected chi connectivity index (χ3v) is 5.98. The third kappa shape index (κ3) is 3.24. The summed E-state index contributed by atoms with van der Waals surface area (Å²) in [4.78, 5) is 13.2. The quantitative estimate of drug-likeness (QED) is 0.613. The maximum atomic E-state index is 13.2. The zero-order valence-electron chi connectivity index (χ0n) is 17.0. The summed E-state index contributed by atoms with van der Waals surface area (Å²) in [5, 5.41) is 3.18. The van der Waals surface area contributed by atoms with Gasteiger partial charge in [-0.25, -0.2) is 0 Å². The van der Waals surface area contributed by atoms with Crippen molar-refractivity contribution in [2.45, 2.75) is 39.5 Å². The molecule has 142 valence electrons. The van der Waals surface area contributed by atoms with Crippen molar-refractivity contribution >= 4 is 11.6 Å². The minimum Gasteiger partial charge on any atom is -0.326 e. The standard InChI is InChI=1S/C26H27NO/c1-17-7-5-9-21(14-17)26(22-10-6-8-18(2)15-22)16-23(26)25(28)27-24-12-11-19(3)13-20(24)4/h5-15,23H,16H2,1-4H3,(H,27,28)/t23-/m1/s1. The van der Waals surface area contributed by atoms with E-state index in [0.717, 1.165) is 17.7 Å². The van der Waals surface area contributed by atoms with E-state index >= 15 is 0 Å². The van der Waals surface area contributed by atoms with Crippen molar-refractivity contribution < 1.29 is 4.79 Å². The first kappa shape index (κ1) is 18.5. The van der Waals surface area contributed by atoms with Crippen LogP contribution in [-0.4, -0.2) is 5.91 Å². The summed E-state index contributed by atoms with van der Waals surface area (Å²) < 4.78 is 0. The molecule has 0 heterocycles. The maximum absolute atomic E-state index is 13.2. The van der Waals surface area contributed by atoms with Crippen molar-refractivity contribution in [3.8, 4) is 0 Å². The SMILES string of the molecule is Cc1cccc(C2(c3cccc(C)c3)C[C@@H]2C(=O)Nc2ccc(C)cc2C)c1. The Morgan fingerprint density at radius 3 is 1.93 bits per heavy atom. The molecule has 1 fully saturated rings. The van der Waals surface area contributed by atoms with Crippen LogP contribution >= 0.6 is 0 Å². The minimum atomic E-state index is -0.235. The summed E-state index contributed by atoms with van der Waals surface area (Å²) >= 11 is 0. The van der Waals surface area contributed by atoms with E-state index < -0.39 is 0 Å². The molecular weight excluding hydrogens is 342 g/mol. The minimum absolute atomic E-state index is 0.0585. The first-order valence-corrected chi connectivity index (χ1v) is 9.92. The Balaban J connectivity index is 1.70. The lowest BCUT2D eigenvalue weighted by Crippen LogP contribution is -2.22. The fourth-order valence-electron chi connectivity index (χ4n) is 4.40. The average molecular weight is 370 g/mol. The molecule has 2 heteroatoms. The number of anilines is 1. The number of carbonyl (C=O) groups excluding carboxylic acids is 1. The van der Waals surface area contributed by atoms with E-state index in [9.17, 15) is 4.79 Å². The Labute approximate surface area is 167 Å². The molecule has 1 amide bonds. The van der Waals surface area contributed by atoms with Gasteiger partial charge in [-0.05, 0) is 56.9 Å². The fraction of sp³-hybridized carbons (Fsp3) is 0.269. The molecule has 2 nitrogen and oxygen atoms in total. The van der Waals surface area contributed by atoms with Gasteiger partial charge >= 0.3 is 0 Å². The number of nitrogens with one attached hydrogen (secondary N) is 1. The van der Waals surface area contributed by atoms with Gasteiger partial charge in [0, 0.05) is 11.1 Å². The fourth-order valence-corrected chi connectivity index (χ4v) is 4.40. The smallest absolute Gasteiger partial charge is 0.228 e. The zero-order chi connectivity index (χ0) is 19.9. The predicted octanol–water partition coefficient (Wildman–Crippen LogP) is 5.86. The summed E-state index contributed by atoms with van der Waals surface area (Å²) in [5.74, 6) is 0.0479. The summed E-state index contributed by atoms with van der Waals surface area (Å²) in [6, 6.07) is 23.4. The number of hydrogen-bond donors (Lipinski definition) is 1. The lowest BCUT2D eigenvalue weighted by Gasteiger charge is -2.20. The highest BCUT2D eigenvalue weighted by Crippen LogP contribution is 2.59.